The van der Waals surface area contributed by atoms with E-state index in [0.29, 0.717) is 0 Å². The zero-order valence-corrected chi connectivity index (χ0v) is 13.0. The number of aliphatic hydroxyl groups is 2. The number of sulfonamides is 1. The molecule has 2 atom stereocenters. The van der Waals surface area contributed by atoms with Gasteiger partial charge in [0.2, 0.25) is 10.0 Å². The van der Waals surface area contributed by atoms with Gasteiger partial charge in [-0.05, 0) is 37.1 Å². The van der Waals surface area contributed by atoms with E-state index in [1.807, 2.05) is 0 Å². The molecular formula is C14H20FNO5S. The first-order chi connectivity index (χ1) is 10.3. The smallest absolute Gasteiger partial charge is 0.240 e. The summed E-state index contributed by atoms with van der Waals surface area (Å²) >= 11 is 0. The van der Waals surface area contributed by atoms with Crippen LogP contribution in [0.2, 0.25) is 0 Å². The summed E-state index contributed by atoms with van der Waals surface area (Å²) in [4.78, 5) is -0.0411. The third-order valence-electron chi connectivity index (χ3n) is 3.94. The molecule has 1 fully saturated rings. The Labute approximate surface area is 129 Å². The van der Waals surface area contributed by atoms with Crippen molar-refractivity contribution in [2.75, 3.05) is 20.3 Å². The van der Waals surface area contributed by atoms with Gasteiger partial charge in [-0.3, -0.25) is 0 Å². The number of hydrogen-bond donors (Lipinski definition) is 3. The molecule has 124 valence electrons. The van der Waals surface area contributed by atoms with E-state index >= 15 is 0 Å². The fraction of sp³-hybridized carbons (Fsp3) is 0.571. The third kappa shape index (κ3) is 3.82. The summed E-state index contributed by atoms with van der Waals surface area (Å²) in [6, 6.07) is 4.50. The van der Waals surface area contributed by atoms with E-state index in [9.17, 15) is 23.0 Å². The largest absolute Gasteiger partial charge is 0.390 e. The minimum atomic E-state index is -3.79. The molecule has 0 bridgehead atoms. The van der Waals surface area contributed by atoms with Gasteiger partial charge in [0.05, 0.1) is 23.7 Å². The van der Waals surface area contributed by atoms with E-state index in [1.165, 1.54) is 19.2 Å². The van der Waals surface area contributed by atoms with Gasteiger partial charge in [-0.1, -0.05) is 0 Å². The predicted molar refractivity (Wildman–Crippen MR) is 77.1 cm³/mol. The highest BCUT2D eigenvalue weighted by Crippen LogP contribution is 2.38. The molecule has 0 aromatic heterocycles. The van der Waals surface area contributed by atoms with E-state index in [-0.39, 0.29) is 30.9 Å². The van der Waals surface area contributed by atoms with Gasteiger partial charge < -0.3 is 14.9 Å². The number of benzene rings is 1. The van der Waals surface area contributed by atoms with Gasteiger partial charge in [-0.15, -0.1) is 0 Å². The maximum absolute atomic E-state index is 12.9. The number of halogens is 1. The lowest BCUT2D eigenvalue weighted by molar-refractivity contribution is 0.0438. The Kier molecular flexibility index (Phi) is 5.18. The molecule has 0 saturated heterocycles. The monoisotopic (exact) mass is 333 g/mol. The van der Waals surface area contributed by atoms with Crippen LogP contribution in [0.1, 0.15) is 12.8 Å². The molecule has 2 rings (SSSR count). The van der Waals surface area contributed by atoms with Crippen LogP contribution in [0.25, 0.3) is 0 Å². The van der Waals surface area contributed by atoms with E-state index in [1.54, 1.807) is 0 Å². The molecule has 3 N–H and O–H groups in total. The molecule has 1 aromatic rings. The Balaban J connectivity index is 2.10. The van der Waals surface area contributed by atoms with E-state index < -0.39 is 33.5 Å². The average Bonchev–Trinajstić information content (AvgIpc) is 2.73. The van der Waals surface area contributed by atoms with Crippen LogP contribution < -0.4 is 4.72 Å². The second-order valence-corrected chi connectivity index (χ2v) is 7.52. The maximum Gasteiger partial charge on any atom is 0.240 e. The summed E-state index contributed by atoms with van der Waals surface area (Å²) in [5.74, 6) is -0.517. The lowest BCUT2D eigenvalue weighted by Gasteiger charge is -2.28. The quantitative estimate of drug-likeness (QED) is 0.694. The molecule has 6 nitrogen and oxygen atoms in total. The summed E-state index contributed by atoms with van der Waals surface area (Å²) in [7, 11) is -2.31. The molecule has 1 aliphatic carbocycles. The lowest BCUT2D eigenvalue weighted by atomic mass is 9.87. The maximum atomic E-state index is 12.9. The zero-order chi connectivity index (χ0) is 16.4. The Morgan fingerprint density at radius 3 is 2.32 bits per heavy atom. The lowest BCUT2D eigenvalue weighted by Crippen LogP contribution is -2.39. The van der Waals surface area contributed by atoms with Gasteiger partial charge in [-0.2, -0.15) is 0 Å². The number of aliphatic hydroxyl groups excluding tert-OH is 2. The Hall–Kier alpha value is -1.06. The van der Waals surface area contributed by atoms with Crippen LogP contribution in [0.3, 0.4) is 0 Å². The molecule has 0 aliphatic heterocycles. The Morgan fingerprint density at radius 2 is 1.82 bits per heavy atom. The molecule has 0 radical (unpaired) electrons. The molecule has 2 unspecified atom stereocenters. The fourth-order valence-electron chi connectivity index (χ4n) is 2.81. The van der Waals surface area contributed by atoms with E-state index in [2.05, 4.69) is 4.72 Å². The molecule has 8 heteroatoms. The SMILES string of the molecule is COCC1(CNS(=O)(=O)c2ccc(F)cc2)CC(O)C(O)C1. The molecule has 1 aliphatic rings. The van der Waals surface area contributed by atoms with Gasteiger partial charge in [0.1, 0.15) is 5.82 Å². The highest BCUT2D eigenvalue weighted by molar-refractivity contribution is 7.89. The van der Waals surface area contributed by atoms with Crippen LogP contribution in [0.4, 0.5) is 4.39 Å². The summed E-state index contributed by atoms with van der Waals surface area (Å²) in [6.45, 7) is 0.238. The van der Waals surface area contributed by atoms with Crippen molar-refractivity contribution in [2.24, 2.45) is 5.41 Å². The van der Waals surface area contributed by atoms with Crippen LogP contribution in [-0.4, -0.2) is 51.1 Å². The Bertz CT molecular complexity index is 594. The van der Waals surface area contributed by atoms with Crippen molar-refractivity contribution in [3.05, 3.63) is 30.1 Å². The third-order valence-corrected chi connectivity index (χ3v) is 5.36. The number of rotatable bonds is 6. The topological polar surface area (TPSA) is 95.9 Å². The number of ether oxygens (including phenoxy) is 1. The van der Waals surface area contributed by atoms with Crippen LogP contribution in [0, 0.1) is 11.2 Å². The normalized spacial score (nSPS) is 28.9. The van der Waals surface area contributed by atoms with Crippen LogP contribution >= 0.6 is 0 Å². The molecule has 0 spiro atoms. The molecular weight excluding hydrogens is 313 g/mol. The first-order valence-electron chi connectivity index (χ1n) is 6.88. The zero-order valence-electron chi connectivity index (χ0n) is 12.2. The van der Waals surface area contributed by atoms with Gasteiger partial charge >= 0.3 is 0 Å². The van der Waals surface area contributed by atoms with Gasteiger partial charge in [-0.25, -0.2) is 17.5 Å². The van der Waals surface area contributed by atoms with Crippen molar-refractivity contribution in [2.45, 2.75) is 29.9 Å². The van der Waals surface area contributed by atoms with Crippen molar-refractivity contribution >= 4 is 10.0 Å². The van der Waals surface area contributed by atoms with Crippen LogP contribution in [0.5, 0.6) is 0 Å². The van der Waals surface area contributed by atoms with Gasteiger partial charge in [0.15, 0.2) is 0 Å². The van der Waals surface area contributed by atoms with Gasteiger partial charge in [0, 0.05) is 19.1 Å². The Morgan fingerprint density at radius 1 is 1.27 bits per heavy atom. The molecule has 0 heterocycles. The number of methoxy groups -OCH3 is 1. The summed E-state index contributed by atoms with van der Waals surface area (Å²) < 4.78 is 44.8. The first-order valence-corrected chi connectivity index (χ1v) is 8.37. The van der Waals surface area contributed by atoms with Crippen molar-refractivity contribution in [1.82, 2.24) is 4.72 Å². The van der Waals surface area contributed by atoms with Crippen LogP contribution in [0.15, 0.2) is 29.2 Å². The average molecular weight is 333 g/mol. The first kappa shape index (κ1) is 17.3. The summed E-state index contributed by atoms with van der Waals surface area (Å²) in [5, 5.41) is 19.4. The fourth-order valence-corrected chi connectivity index (χ4v) is 3.96. The van der Waals surface area contributed by atoms with Crippen molar-refractivity contribution in [1.29, 1.82) is 0 Å². The molecule has 0 amide bonds. The van der Waals surface area contributed by atoms with Crippen molar-refractivity contribution in [3.8, 4) is 0 Å². The minimum absolute atomic E-state index is 0.0225. The highest BCUT2D eigenvalue weighted by atomic mass is 32.2. The summed E-state index contributed by atoms with van der Waals surface area (Å²) in [6.07, 6.45) is -1.31. The minimum Gasteiger partial charge on any atom is -0.390 e. The van der Waals surface area contributed by atoms with Crippen LogP contribution in [-0.2, 0) is 14.8 Å². The highest BCUT2D eigenvalue weighted by Gasteiger charge is 2.44. The van der Waals surface area contributed by atoms with Gasteiger partial charge in [0.25, 0.3) is 0 Å². The van der Waals surface area contributed by atoms with E-state index in [0.717, 1.165) is 12.1 Å². The molecule has 1 aromatic carbocycles. The van der Waals surface area contributed by atoms with Crippen molar-refractivity contribution < 1.29 is 27.8 Å². The molecule has 22 heavy (non-hydrogen) atoms. The molecule has 1 saturated carbocycles. The predicted octanol–water partition coefficient (Wildman–Crippen LogP) is 0.252. The summed E-state index contributed by atoms with van der Waals surface area (Å²) in [5.41, 5.74) is -0.666. The van der Waals surface area contributed by atoms with E-state index in [4.69, 9.17) is 4.74 Å². The standard InChI is InChI=1S/C14H20FNO5S/c1-21-9-14(6-12(17)13(18)7-14)8-16-22(19,20)11-4-2-10(15)3-5-11/h2-5,12-13,16-18H,6-9H2,1H3. The number of nitrogens with one attached hydrogen (secondary N) is 1. The van der Waals surface area contributed by atoms with Crippen molar-refractivity contribution in [3.63, 3.8) is 0 Å². The number of hydrogen-bond acceptors (Lipinski definition) is 5. The second-order valence-electron chi connectivity index (χ2n) is 5.75. The second kappa shape index (κ2) is 6.59.